The summed E-state index contributed by atoms with van der Waals surface area (Å²) in [6.45, 7) is 4.40. The Labute approximate surface area is 73.3 Å². The highest BCUT2D eigenvalue weighted by atomic mass is 16.5. The van der Waals surface area contributed by atoms with Crippen molar-refractivity contribution in [1.82, 2.24) is 4.90 Å². The van der Waals surface area contributed by atoms with Gasteiger partial charge in [0.15, 0.2) is 0 Å². The predicted octanol–water partition coefficient (Wildman–Crippen LogP) is 0.230. The van der Waals surface area contributed by atoms with Gasteiger partial charge in [-0.15, -0.1) is 0 Å². The van der Waals surface area contributed by atoms with Crippen molar-refractivity contribution < 1.29 is 9.84 Å². The number of hydrogen-bond donors (Lipinski definition) is 1. The number of hydrogen-bond acceptors (Lipinski definition) is 3. The molecule has 1 N–H and O–H groups in total. The molecule has 2 aliphatic rings. The fraction of sp³-hybridized carbons (Fsp3) is 1.00. The Kier molecular flexibility index (Phi) is 2.35. The highest BCUT2D eigenvalue weighted by molar-refractivity contribution is 4.91. The molecule has 3 nitrogen and oxygen atoms in total. The zero-order valence-corrected chi connectivity index (χ0v) is 7.57. The van der Waals surface area contributed by atoms with Crippen LogP contribution >= 0.6 is 0 Å². The predicted molar refractivity (Wildman–Crippen MR) is 46.0 cm³/mol. The zero-order valence-electron chi connectivity index (χ0n) is 7.57. The zero-order chi connectivity index (χ0) is 8.55. The molecule has 2 aliphatic heterocycles. The van der Waals surface area contributed by atoms with E-state index in [1.54, 1.807) is 0 Å². The van der Waals surface area contributed by atoms with Gasteiger partial charge in [-0.2, -0.15) is 0 Å². The lowest BCUT2D eigenvalue weighted by Gasteiger charge is -2.35. The van der Waals surface area contributed by atoms with Gasteiger partial charge in [-0.25, -0.2) is 0 Å². The Bertz CT molecular complexity index is 145. The summed E-state index contributed by atoms with van der Waals surface area (Å²) in [7, 11) is 0. The topological polar surface area (TPSA) is 32.7 Å². The van der Waals surface area contributed by atoms with Crippen LogP contribution in [0.25, 0.3) is 0 Å². The van der Waals surface area contributed by atoms with Gasteiger partial charge in [0.25, 0.3) is 0 Å². The molecular weight excluding hydrogens is 154 g/mol. The minimum Gasteiger partial charge on any atom is -0.392 e. The Morgan fingerprint density at radius 3 is 2.50 bits per heavy atom. The number of aliphatic hydroxyl groups excluding tert-OH is 1. The fourth-order valence-corrected chi connectivity index (χ4v) is 2.32. The van der Waals surface area contributed by atoms with E-state index < -0.39 is 0 Å². The van der Waals surface area contributed by atoms with Gasteiger partial charge in [0, 0.05) is 18.6 Å². The van der Waals surface area contributed by atoms with Crippen LogP contribution in [0.2, 0.25) is 0 Å². The highest BCUT2D eigenvalue weighted by Crippen LogP contribution is 2.28. The molecular formula is C9H17NO2. The number of aliphatic hydroxyl groups is 1. The normalized spacial score (nSPS) is 38.5. The molecule has 3 atom stereocenters. The quantitative estimate of drug-likeness (QED) is 0.645. The van der Waals surface area contributed by atoms with Crippen LogP contribution in [-0.2, 0) is 4.74 Å². The van der Waals surface area contributed by atoms with Gasteiger partial charge in [-0.1, -0.05) is 0 Å². The lowest BCUT2D eigenvalue weighted by molar-refractivity contribution is -0.0305. The molecule has 2 bridgehead atoms. The first-order valence-electron chi connectivity index (χ1n) is 4.79. The SMILES string of the molecule is C[C@H](O)CN1C2CCC1COC2. The lowest BCUT2D eigenvalue weighted by atomic mass is 10.2. The van der Waals surface area contributed by atoms with Crippen molar-refractivity contribution in [2.24, 2.45) is 0 Å². The summed E-state index contributed by atoms with van der Waals surface area (Å²) in [6, 6.07) is 1.16. The molecule has 0 aromatic carbocycles. The summed E-state index contributed by atoms with van der Waals surface area (Å²) < 4.78 is 5.45. The van der Waals surface area contributed by atoms with Crippen LogP contribution in [0.1, 0.15) is 19.8 Å². The molecule has 0 saturated carbocycles. The van der Waals surface area contributed by atoms with E-state index in [0.29, 0.717) is 12.1 Å². The van der Waals surface area contributed by atoms with Gasteiger partial charge >= 0.3 is 0 Å². The van der Waals surface area contributed by atoms with Crippen molar-refractivity contribution in [3.05, 3.63) is 0 Å². The highest BCUT2D eigenvalue weighted by Gasteiger charge is 2.37. The molecule has 12 heavy (non-hydrogen) atoms. The molecule has 2 heterocycles. The molecule has 0 spiro atoms. The average molecular weight is 171 g/mol. The summed E-state index contributed by atoms with van der Waals surface area (Å²) >= 11 is 0. The van der Waals surface area contributed by atoms with E-state index in [4.69, 9.17) is 4.74 Å². The first-order chi connectivity index (χ1) is 5.77. The maximum atomic E-state index is 9.29. The van der Waals surface area contributed by atoms with E-state index in [9.17, 15) is 5.11 Å². The van der Waals surface area contributed by atoms with Crippen LogP contribution in [0.5, 0.6) is 0 Å². The van der Waals surface area contributed by atoms with Crippen LogP contribution in [0, 0.1) is 0 Å². The third kappa shape index (κ3) is 1.49. The van der Waals surface area contributed by atoms with Crippen molar-refractivity contribution in [2.75, 3.05) is 19.8 Å². The van der Waals surface area contributed by atoms with Crippen molar-refractivity contribution in [2.45, 2.75) is 38.0 Å². The Morgan fingerprint density at radius 2 is 2.00 bits per heavy atom. The monoisotopic (exact) mass is 171 g/mol. The lowest BCUT2D eigenvalue weighted by Crippen LogP contribution is -2.48. The van der Waals surface area contributed by atoms with E-state index >= 15 is 0 Å². The largest absolute Gasteiger partial charge is 0.392 e. The van der Waals surface area contributed by atoms with Gasteiger partial charge in [0.1, 0.15) is 0 Å². The van der Waals surface area contributed by atoms with Gasteiger partial charge in [-0.05, 0) is 19.8 Å². The second-order valence-corrected chi connectivity index (χ2v) is 3.97. The molecule has 0 aromatic rings. The van der Waals surface area contributed by atoms with Gasteiger partial charge in [0.2, 0.25) is 0 Å². The molecule has 0 amide bonds. The first-order valence-corrected chi connectivity index (χ1v) is 4.79. The van der Waals surface area contributed by atoms with Crippen LogP contribution in [-0.4, -0.2) is 48.0 Å². The van der Waals surface area contributed by atoms with Gasteiger partial charge < -0.3 is 9.84 Å². The van der Waals surface area contributed by atoms with Crippen molar-refractivity contribution >= 4 is 0 Å². The van der Waals surface area contributed by atoms with Crippen LogP contribution in [0.3, 0.4) is 0 Å². The molecule has 2 unspecified atom stereocenters. The number of rotatable bonds is 2. The second-order valence-electron chi connectivity index (χ2n) is 3.97. The molecule has 3 heteroatoms. The number of morpholine rings is 1. The van der Waals surface area contributed by atoms with Crippen molar-refractivity contribution in [1.29, 1.82) is 0 Å². The van der Waals surface area contributed by atoms with Gasteiger partial charge in [0.05, 0.1) is 19.3 Å². The summed E-state index contributed by atoms with van der Waals surface area (Å²) in [4.78, 5) is 2.41. The fourth-order valence-electron chi connectivity index (χ4n) is 2.32. The third-order valence-electron chi connectivity index (χ3n) is 2.87. The van der Waals surface area contributed by atoms with Crippen LogP contribution < -0.4 is 0 Å². The minimum absolute atomic E-state index is 0.203. The molecule has 2 saturated heterocycles. The molecule has 2 rings (SSSR count). The third-order valence-corrected chi connectivity index (χ3v) is 2.87. The minimum atomic E-state index is -0.203. The number of ether oxygens (including phenoxy) is 1. The molecule has 70 valence electrons. The van der Waals surface area contributed by atoms with E-state index in [-0.39, 0.29) is 6.10 Å². The summed E-state index contributed by atoms with van der Waals surface area (Å²) in [5, 5.41) is 9.29. The summed E-state index contributed by atoms with van der Waals surface area (Å²) in [5.74, 6) is 0. The molecule has 0 aromatic heterocycles. The maximum Gasteiger partial charge on any atom is 0.0639 e. The summed E-state index contributed by atoms with van der Waals surface area (Å²) in [6.07, 6.45) is 2.29. The molecule has 0 aliphatic carbocycles. The number of fused-ring (bicyclic) bond motifs is 2. The first kappa shape index (κ1) is 8.48. The number of nitrogens with zero attached hydrogens (tertiary/aromatic N) is 1. The smallest absolute Gasteiger partial charge is 0.0639 e. The van der Waals surface area contributed by atoms with Crippen LogP contribution in [0.15, 0.2) is 0 Å². The molecule has 2 fully saturated rings. The summed E-state index contributed by atoms with van der Waals surface area (Å²) in [5.41, 5.74) is 0. The van der Waals surface area contributed by atoms with Crippen molar-refractivity contribution in [3.63, 3.8) is 0 Å². The Balaban J connectivity index is 1.96. The van der Waals surface area contributed by atoms with Crippen molar-refractivity contribution in [3.8, 4) is 0 Å². The standard InChI is InChI=1S/C9H17NO2/c1-7(11)4-10-8-2-3-9(10)6-12-5-8/h7-9,11H,2-6H2,1H3/t7-,8?,9?/m0/s1. The Hall–Kier alpha value is -0.120. The average Bonchev–Trinajstić information content (AvgIpc) is 2.30. The van der Waals surface area contributed by atoms with E-state index in [1.165, 1.54) is 12.8 Å². The maximum absolute atomic E-state index is 9.29. The second kappa shape index (κ2) is 3.32. The van der Waals surface area contributed by atoms with E-state index in [0.717, 1.165) is 19.8 Å². The van der Waals surface area contributed by atoms with E-state index in [1.807, 2.05) is 6.92 Å². The van der Waals surface area contributed by atoms with Gasteiger partial charge in [-0.3, -0.25) is 4.90 Å². The Morgan fingerprint density at radius 1 is 1.42 bits per heavy atom. The van der Waals surface area contributed by atoms with Crippen LogP contribution in [0.4, 0.5) is 0 Å². The van der Waals surface area contributed by atoms with E-state index in [2.05, 4.69) is 4.90 Å². The molecule has 0 radical (unpaired) electrons.